The fraction of sp³-hybridized carbons (Fsp3) is 0.500. The lowest BCUT2D eigenvalue weighted by atomic mass is 10.1. The van der Waals surface area contributed by atoms with Crippen molar-refractivity contribution in [2.75, 3.05) is 12.3 Å². The number of hydrogen-bond acceptors (Lipinski definition) is 6. The van der Waals surface area contributed by atoms with Gasteiger partial charge in [0, 0.05) is 12.7 Å². The van der Waals surface area contributed by atoms with Crippen LogP contribution in [0.25, 0.3) is 0 Å². The smallest absolute Gasteiger partial charge is 0.349 e. The van der Waals surface area contributed by atoms with Gasteiger partial charge in [0.25, 0.3) is 0 Å². The van der Waals surface area contributed by atoms with Crippen LogP contribution in [0.1, 0.15) is 0 Å². The highest BCUT2D eigenvalue weighted by atomic mass is 16.5. The molecule has 0 aliphatic rings. The van der Waals surface area contributed by atoms with Crippen molar-refractivity contribution in [3.63, 3.8) is 0 Å². The number of hydrogen-bond donors (Lipinski definition) is 4. The molecule has 1 aromatic rings. The van der Waals surface area contributed by atoms with E-state index in [1.54, 1.807) is 0 Å². The van der Waals surface area contributed by atoms with Gasteiger partial charge in [0.2, 0.25) is 0 Å². The van der Waals surface area contributed by atoms with Gasteiger partial charge in [0.1, 0.15) is 5.82 Å². The van der Waals surface area contributed by atoms with Crippen molar-refractivity contribution in [1.29, 1.82) is 0 Å². The summed E-state index contributed by atoms with van der Waals surface area (Å²) in [4.78, 5) is 14.7. The van der Waals surface area contributed by atoms with E-state index in [0.29, 0.717) is 0 Å². The van der Waals surface area contributed by atoms with Crippen molar-refractivity contribution in [2.45, 2.75) is 12.8 Å². The van der Waals surface area contributed by atoms with Gasteiger partial charge in [-0.25, -0.2) is 4.79 Å². The Morgan fingerprint density at radius 2 is 2.20 bits per heavy atom. The summed E-state index contributed by atoms with van der Waals surface area (Å²) in [5.41, 5.74) is 4.69. The maximum Gasteiger partial charge on any atom is 0.349 e. The normalized spacial score (nSPS) is 13.1. The predicted molar refractivity (Wildman–Crippen MR) is 51.7 cm³/mol. The Morgan fingerprint density at radius 3 is 2.67 bits per heavy atom. The van der Waals surface area contributed by atoms with Crippen molar-refractivity contribution < 1.29 is 15.3 Å². The molecule has 84 valence electrons. The number of nitrogens with zero attached hydrogens (tertiary/aromatic N) is 2. The van der Waals surface area contributed by atoms with E-state index < -0.39 is 24.5 Å². The molecule has 0 radical (unpaired) electrons. The van der Waals surface area contributed by atoms with Crippen LogP contribution in [-0.4, -0.2) is 37.8 Å². The van der Waals surface area contributed by atoms with Gasteiger partial charge in [-0.2, -0.15) is 4.98 Å². The zero-order valence-electron chi connectivity index (χ0n) is 7.95. The van der Waals surface area contributed by atoms with Gasteiger partial charge in [-0.15, -0.1) is 0 Å². The molecule has 1 aromatic heterocycles. The summed E-state index contributed by atoms with van der Waals surface area (Å²) in [5.74, 6) is -0.727. The highest BCUT2D eigenvalue weighted by molar-refractivity contribution is 5.23. The van der Waals surface area contributed by atoms with Crippen molar-refractivity contribution >= 4 is 5.82 Å². The van der Waals surface area contributed by atoms with Gasteiger partial charge in [0.15, 0.2) is 6.29 Å². The second kappa shape index (κ2) is 4.87. The van der Waals surface area contributed by atoms with Gasteiger partial charge in [-0.1, -0.05) is 0 Å². The third-order valence-corrected chi connectivity index (χ3v) is 1.98. The Hall–Kier alpha value is -1.44. The molecule has 0 fully saturated rings. The fourth-order valence-corrected chi connectivity index (χ4v) is 1.08. The van der Waals surface area contributed by atoms with Gasteiger partial charge in [-0.05, 0) is 6.07 Å². The SMILES string of the molecule is Nc1ccn(CC(CO)C(O)O)c(=O)n1. The monoisotopic (exact) mass is 215 g/mol. The van der Waals surface area contributed by atoms with E-state index in [4.69, 9.17) is 21.1 Å². The van der Waals surface area contributed by atoms with Gasteiger partial charge in [0.05, 0.1) is 12.5 Å². The number of anilines is 1. The molecule has 0 saturated heterocycles. The number of nitrogen functional groups attached to an aromatic ring is 1. The first-order valence-electron chi connectivity index (χ1n) is 4.34. The van der Waals surface area contributed by atoms with E-state index in [0.717, 1.165) is 4.57 Å². The summed E-state index contributed by atoms with van der Waals surface area (Å²) in [6.07, 6.45) is -0.296. The zero-order chi connectivity index (χ0) is 11.4. The Labute approximate surface area is 85.4 Å². The maximum atomic E-state index is 11.2. The first-order valence-corrected chi connectivity index (χ1v) is 4.34. The van der Waals surface area contributed by atoms with Crippen molar-refractivity contribution in [2.24, 2.45) is 5.92 Å². The standard InChI is InChI=1S/C8H13N3O4/c9-6-1-2-11(8(15)10-6)3-5(4-12)7(13)14/h1-2,5,7,12-14H,3-4H2,(H2,9,10,15). The van der Waals surface area contributed by atoms with Gasteiger partial charge >= 0.3 is 5.69 Å². The molecule has 0 amide bonds. The quantitative estimate of drug-likeness (QED) is 0.421. The lowest BCUT2D eigenvalue weighted by Crippen LogP contribution is -2.33. The first-order chi connectivity index (χ1) is 7.04. The van der Waals surface area contributed by atoms with Crippen LogP contribution in [0.15, 0.2) is 17.1 Å². The summed E-state index contributed by atoms with van der Waals surface area (Å²) in [7, 11) is 0. The Kier molecular flexibility index (Phi) is 3.78. The van der Waals surface area contributed by atoms with Gasteiger partial charge < -0.3 is 21.1 Å². The molecule has 0 aromatic carbocycles. The number of aliphatic hydroxyl groups is 3. The summed E-state index contributed by atoms with van der Waals surface area (Å²) in [6.45, 7) is -0.464. The van der Waals surface area contributed by atoms with Crippen LogP contribution in [0.4, 0.5) is 5.82 Å². The largest absolute Gasteiger partial charge is 0.396 e. The fourth-order valence-electron chi connectivity index (χ4n) is 1.08. The van der Waals surface area contributed by atoms with Crippen LogP contribution in [0.5, 0.6) is 0 Å². The van der Waals surface area contributed by atoms with E-state index in [2.05, 4.69) is 4.98 Å². The lowest BCUT2D eigenvalue weighted by molar-refractivity contribution is -0.101. The summed E-state index contributed by atoms with van der Waals surface area (Å²) in [6, 6.07) is 1.42. The second-order valence-corrected chi connectivity index (χ2v) is 3.14. The highest BCUT2D eigenvalue weighted by Crippen LogP contribution is 2.03. The van der Waals surface area contributed by atoms with Crippen LogP contribution in [0.2, 0.25) is 0 Å². The van der Waals surface area contributed by atoms with E-state index >= 15 is 0 Å². The van der Waals surface area contributed by atoms with E-state index in [-0.39, 0.29) is 12.4 Å². The van der Waals surface area contributed by atoms with Gasteiger partial charge in [-0.3, -0.25) is 4.57 Å². The number of aromatic nitrogens is 2. The summed E-state index contributed by atoms with van der Waals surface area (Å²) >= 11 is 0. The highest BCUT2D eigenvalue weighted by Gasteiger charge is 2.16. The molecule has 0 saturated carbocycles. The van der Waals surface area contributed by atoms with E-state index in [9.17, 15) is 4.79 Å². The molecule has 1 atom stereocenters. The third kappa shape index (κ3) is 3.01. The Morgan fingerprint density at radius 1 is 1.53 bits per heavy atom. The summed E-state index contributed by atoms with van der Waals surface area (Å²) in [5, 5.41) is 26.5. The van der Waals surface area contributed by atoms with Crippen molar-refractivity contribution in [1.82, 2.24) is 9.55 Å². The molecule has 0 aliphatic carbocycles. The minimum absolute atomic E-state index is 0.0275. The molecule has 7 nitrogen and oxygen atoms in total. The van der Waals surface area contributed by atoms with Crippen LogP contribution in [0.3, 0.4) is 0 Å². The predicted octanol–water partition coefficient (Wildman–Crippen LogP) is -2.26. The van der Waals surface area contributed by atoms with Crippen LogP contribution < -0.4 is 11.4 Å². The Balaban J connectivity index is 2.84. The zero-order valence-corrected chi connectivity index (χ0v) is 7.95. The van der Waals surface area contributed by atoms with Crippen molar-refractivity contribution in [3.05, 3.63) is 22.7 Å². The molecule has 1 unspecified atom stereocenters. The molecule has 5 N–H and O–H groups in total. The van der Waals surface area contributed by atoms with Crippen LogP contribution >= 0.6 is 0 Å². The molecule has 0 aliphatic heterocycles. The number of rotatable bonds is 4. The molecule has 15 heavy (non-hydrogen) atoms. The molecule has 0 bridgehead atoms. The Bertz CT molecular complexity index is 376. The number of nitrogens with two attached hydrogens (primary N) is 1. The van der Waals surface area contributed by atoms with E-state index in [1.807, 2.05) is 0 Å². The van der Waals surface area contributed by atoms with Crippen LogP contribution in [0, 0.1) is 5.92 Å². The summed E-state index contributed by atoms with van der Waals surface area (Å²) < 4.78 is 1.15. The second-order valence-electron chi connectivity index (χ2n) is 3.14. The molecular weight excluding hydrogens is 202 g/mol. The molecular formula is C8H13N3O4. The average molecular weight is 215 g/mol. The average Bonchev–Trinajstić information content (AvgIpc) is 2.16. The molecule has 7 heteroatoms. The van der Waals surface area contributed by atoms with Crippen molar-refractivity contribution in [3.8, 4) is 0 Å². The number of aliphatic hydroxyl groups excluding tert-OH is 2. The lowest BCUT2D eigenvalue weighted by Gasteiger charge is -2.16. The topological polar surface area (TPSA) is 122 Å². The van der Waals surface area contributed by atoms with E-state index in [1.165, 1.54) is 12.3 Å². The minimum Gasteiger partial charge on any atom is -0.396 e. The van der Waals surface area contributed by atoms with Crippen LogP contribution in [-0.2, 0) is 6.54 Å². The minimum atomic E-state index is -1.68. The first kappa shape index (κ1) is 11.6. The molecule has 1 rings (SSSR count). The molecule has 1 heterocycles. The molecule has 0 spiro atoms. The maximum absolute atomic E-state index is 11.2. The third-order valence-electron chi connectivity index (χ3n) is 1.98.